The maximum atomic E-state index is 12.0. The van der Waals surface area contributed by atoms with Crippen LogP contribution in [0.2, 0.25) is 0 Å². The molecule has 116 valence electrons. The Bertz CT molecular complexity index is 595. The summed E-state index contributed by atoms with van der Waals surface area (Å²) < 4.78 is 22.9. The Morgan fingerprint density at radius 1 is 1.33 bits per heavy atom. The number of benzene rings is 1. The predicted molar refractivity (Wildman–Crippen MR) is 81.3 cm³/mol. The van der Waals surface area contributed by atoms with Crippen LogP contribution in [-0.2, 0) is 14.8 Å². The lowest BCUT2D eigenvalue weighted by Gasteiger charge is -2.23. The van der Waals surface area contributed by atoms with Crippen molar-refractivity contribution in [2.24, 2.45) is 5.14 Å². The van der Waals surface area contributed by atoms with E-state index in [1.165, 1.54) is 25.0 Å². The quantitative estimate of drug-likeness (QED) is 0.760. The summed E-state index contributed by atoms with van der Waals surface area (Å²) in [7, 11) is -3.84. The Labute approximate surface area is 125 Å². The van der Waals surface area contributed by atoms with Crippen molar-refractivity contribution in [1.29, 1.82) is 0 Å². The summed E-state index contributed by atoms with van der Waals surface area (Å²) in [6, 6.07) is 6.52. The molecule has 1 aliphatic heterocycles. The third-order valence-corrected chi connectivity index (χ3v) is 4.57. The standard InChI is InChI=1S/C14H21N3O3S/c15-21(19,20)13-7-2-1-6-12(13)17-14(18)9-8-11-5-3-4-10-16-11/h1-2,6-7,11,16H,3-5,8-10H2,(H,17,18)(H2,15,19,20). The number of carbonyl (C=O) groups is 1. The Morgan fingerprint density at radius 2 is 2.10 bits per heavy atom. The molecule has 0 saturated carbocycles. The van der Waals surface area contributed by atoms with Crippen LogP contribution in [0.3, 0.4) is 0 Å². The van der Waals surface area contributed by atoms with E-state index in [1.54, 1.807) is 12.1 Å². The number of piperidine rings is 1. The number of nitrogens with one attached hydrogen (secondary N) is 2. The topological polar surface area (TPSA) is 101 Å². The van der Waals surface area contributed by atoms with Crippen LogP contribution in [0.4, 0.5) is 5.69 Å². The molecule has 1 saturated heterocycles. The molecule has 1 atom stereocenters. The van der Waals surface area contributed by atoms with Crippen molar-refractivity contribution in [3.05, 3.63) is 24.3 Å². The monoisotopic (exact) mass is 311 g/mol. The number of anilines is 1. The first-order valence-electron chi connectivity index (χ1n) is 7.12. The zero-order valence-electron chi connectivity index (χ0n) is 11.8. The van der Waals surface area contributed by atoms with Gasteiger partial charge in [0, 0.05) is 12.5 Å². The van der Waals surface area contributed by atoms with Gasteiger partial charge in [0.05, 0.1) is 5.69 Å². The summed E-state index contributed by atoms with van der Waals surface area (Å²) >= 11 is 0. The van der Waals surface area contributed by atoms with Crippen molar-refractivity contribution in [3.63, 3.8) is 0 Å². The van der Waals surface area contributed by atoms with Gasteiger partial charge in [-0.1, -0.05) is 18.6 Å². The van der Waals surface area contributed by atoms with Gasteiger partial charge in [-0.15, -0.1) is 0 Å². The van der Waals surface area contributed by atoms with E-state index in [9.17, 15) is 13.2 Å². The van der Waals surface area contributed by atoms with Gasteiger partial charge in [-0.3, -0.25) is 4.79 Å². The molecule has 1 unspecified atom stereocenters. The van der Waals surface area contributed by atoms with E-state index in [0.717, 1.165) is 19.4 Å². The van der Waals surface area contributed by atoms with E-state index in [4.69, 9.17) is 5.14 Å². The number of amides is 1. The number of carbonyl (C=O) groups excluding carboxylic acids is 1. The van der Waals surface area contributed by atoms with Crippen molar-refractivity contribution < 1.29 is 13.2 Å². The molecule has 0 aromatic heterocycles. The Kier molecular flexibility index (Phi) is 5.33. The number of hydrogen-bond acceptors (Lipinski definition) is 4. The highest BCUT2D eigenvalue weighted by atomic mass is 32.2. The zero-order valence-corrected chi connectivity index (χ0v) is 12.7. The second-order valence-electron chi connectivity index (χ2n) is 5.27. The average molecular weight is 311 g/mol. The van der Waals surface area contributed by atoms with Crippen molar-refractivity contribution >= 4 is 21.6 Å². The van der Waals surface area contributed by atoms with Gasteiger partial charge in [-0.25, -0.2) is 13.6 Å². The normalized spacial score (nSPS) is 19.2. The molecule has 1 aromatic carbocycles. The van der Waals surface area contributed by atoms with Crippen LogP contribution in [-0.4, -0.2) is 26.9 Å². The molecule has 1 amide bonds. The van der Waals surface area contributed by atoms with Gasteiger partial charge in [-0.2, -0.15) is 0 Å². The summed E-state index contributed by atoms with van der Waals surface area (Å²) in [6.45, 7) is 1.00. The summed E-state index contributed by atoms with van der Waals surface area (Å²) in [6.07, 6.45) is 4.57. The largest absolute Gasteiger partial charge is 0.325 e. The predicted octanol–water partition coefficient (Wildman–Crippen LogP) is 1.19. The maximum Gasteiger partial charge on any atom is 0.240 e. The van der Waals surface area contributed by atoms with E-state index < -0.39 is 10.0 Å². The van der Waals surface area contributed by atoms with Gasteiger partial charge < -0.3 is 10.6 Å². The molecule has 0 spiro atoms. The van der Waals surface area contributed by atoms with Gasteiger partial charge >= 0.3 is 0 Å². The van der Waals surface area contributed by atoms with E-state index >= 15 is 0 Å². The molecule has 21 heavy (non-hydrogen) atoms. The minimum Gasteiger partial charge on any atom is -0.325 e. The number of rotatable bonds is 5. The highest BCUT2D eigenvalue weighted by molar-refractivity contribution is 7.89. The summed E-state index contributed by atoms with van der Waals surface area (Å²) in [5.74, 6) is -0.196. The lowest BCUT2D eigenvalue weighted by Crippen LogP contribution is -2.34. The first kappa shape index (κ1) is 15.9. The van der Waals surface area contributed by atoms with Crippen LogP contribution in [0.15, 0.2) is 29.2 Å². The summed E-state index contributed by atoms with van der Waals surface area (Å²) in [5, 5.41) is 11.1. The Hall–Kier alpha value is -1.44. The van der Waals surface area contributed by atoms with Crippen LogP contribution in [0, 0.1) is 0 Å². The highest BCUT2D eigenvalue weighted by Crippen LogP contribution is 2.20. The van der Waals surface area contributed by atoms with E-state index in [-0.39, 0.29) is 16.5 Å². The van der Waals surface area contributed by atoms with Gasteiger partial charge in [0.25, 0.3) is 0 Å². The van der Waals surface area contributed by atoms with E-state index in [1.807, 2.05) is 0 Å². The molecule has 0 aliphatic carbocycles. The van der Waals surface area contributed by atoms with Gasteiger partial charge in [-0.05, 0) is 37.9 Å². The van der Waals surface area contributed by atoms with Gasteiger partial charge in [0.15, 0.2) is 0 Å². The second-order valence-corrected chi connectivity index (χ2v) is 6.80. The summed E-state index contributed by atoms with van der Waals surface area (Å²) in [5.41, 5.74) is 0.238. The molecule has 4 N–H and O–H groups in total. The molecule has 7 heteroatoms. The number of nitrogens with two attached hydrogens (primary N) is 1. The third kappa shape index (κ3) is 4.80. The molecule has 2 rings (SSSR count). The molecule has 0 bridgehead atoms. The van der Waals surface area contributed by atoms with Crippen LogP contribution >= 0.6 is 0 Å². The van der Waals surface area contributed by atoms with Crippen LogP contribution < -0.4 is 15.8 Å². The molecule has 0 radical (unpaired) electrons. The second kappa shape index (κ2) is 7.02. The first-order valence-corrected chi connectivity index (χ1v) is 8.66. The Balaban J connectivity index is 1.93. The number of para-hydroxylation sites is 1. The third-order valence-electron chi connectivity index (χ3n) is 3.60. The molecule has 1 heterocycles. The molecular weight excluding hydrogens is 290 g/mol. The smallest absolute Gasteiger partial charge is 0.240 e. The number of hydrogen-bond donors (Lipinski definition) is 3. The molecule has 1 aromatic rings. The van der Waals surface area contributed by atoms with E-state index in [2.05, 4.69) is 10.6 Å². The lowest BCUT2D eigenvalue weighted by atomic mass is 10.0. The Morgan fingerprint density at radius 3 is 2.76 bits per heavy atom. The molecule has 1 aliphatic rings. The highest BCUT2D eigenvalue weighted by Gasteiger charge is 2.17. The molecule has 1 fully saturated rings. The molecular formula is C14H21N3O3S. The fraction of sp³-hybridized carbons (Fsp3) is 0.500. The SMILES string of the molecule is NS(=O)(=O)c1ccccc1NC(=O)CCC1CCCCN1. The van der Waals surface area contributed by atoms with Crippen LogP contribution in [0.1, 0.15) is 32.1 Å². The fourth-order valence-corrected chi connectivity index (χ4v) is 3.20. The van der Waals surface area contributed by atoms with Crippen LogP contribution in [0.25, 0.3) is 0 Å². The van der Waals surface area contributed by atoms with E-state index in [0.29, 0.717) is 12.5 Å². The van der Waals surface area contributed by atoms with Gasteiger partial charge in [0.2, 0.25) is 15.9 Å². The summed E-state index contributed by atoms with van der Waals surface area (Å²) in [4.78, 5) is 11.9. The molecule has 6 nitrogen and oxygen atoms in total. The van der Waals surface area contributed by atoms with Crippen molar-refractivity contribution in [3.8, 4) is 0 Å². The first-order chi connectivity index (χ1) is 9.97. The lowest BCUT2D eigenvalue weighted by molar-refractivity contribution is -0.116. The zero-order chi connectivity index (χ0) is 15.3. The van der Waals surface area contributed by atoms with Crippen molar-refractivity contribution in [2.45, 2.75) is 43.0 Å². The fourth-order valence-electron chi connectivity index (χ4n) is 2.51. The van der Waals surface area contributed by atoms with Crippen molar-refractivity contribution in [1.82, 2.24) is 5.32 Å². The maximum absolute atomic E-state index is 12.0. The minimum atomic E-state index is -3.84. The average Bonchev–Trinajstić information content (AvgIpc) is 2.46. The number of sulfonamides is 1. The van der Waals surface area contributed by atoms with Crippen molar-refractivity contribution in [2.75, 3.05) is 11.9 Å². The number of primary sulfonamides is 1. The minimum absolute atomic E-state index is 0.0610. The van der Waals surface area contributed by atoms with Crippen LogP contribution in [0.5, 0.6) is 0 Å². The van der Waals surface area contributed by atoms with Gasteiger partial charge in [0.1, 0.15) is 4.90 Å².